The molecule has 0 aliphatic heterocycles. The normalized spacial score (nSPS) is 11.6. The first kappa shape index (κ1) is 10.7. The molecule has 0 saturated carbocycles. The van der Waals surface area contributed by atoms with Crippen molar-refractivity contribution >= 4 is 0 Å². The maximum absolute atomic E-state index is 5.38. The second-order valence-corrected chi connectivity index (χ2v) is 3.00. The van der Waals surface area contributed by atoms with Crippen molar-refractivity contribution in [3.8, 4) is 0 Å². The summed E-state index contributed by atoms with van der Waals surface area (Å²) in [5.74, 6) is 0.772. The molecule has 11 heavy (non-hydrogen) atoms. The first-order valence-corrected chi connectivity index (χ1v) is 4.71. The minimum atomic E-state index is 0.684. The lowest BCUT2D eigenvalue weighted by molar-refractivity contribution is 0.529. The smallest absolute Gasteiger partial charge is 0.0106 e. The maximum atomic E-state index is 5.38. The Morgan fingerprint density at radius 3 is 2.09 bits per heavy atom. The van der Waals surface area contributed by atoms with Crippen LogP contribution in [-0.2, 0) is 0 Å². The van der Waals surface area contributed by atoms with E-state index < -0.39 is 0 Å². The number of allylic oxidation sites excluding steroid dienone is 1. The molecular weight excluding hydrogens is 134 g/mol. The van der Waals surface area contributed by atoms with Crippen molar-refractivity contribution in [2.24, 2.45) is 11.7 Å². The van der Waals surface area contributed by atoms with Crippen molar-refractivity contribution in [3.63, 3.8) is 0 Å². The second-order valence-electron chi connectivity index (χ2n) is 3.00. The molecule has 0 aromatic rings. The first-order valence-electron chi connectivity index (χ1n) is 4.71. The van der Waals surface area contributed by atoms with Crippen LogP contribution in [0.1, 0.15) is 39.5 Å². The third kappa shape index (κ3) is 6.11. The van der Waals surface area contributed by atoms with Gasteiger partial charge in [0.05, 0.1) is 0 Å². The van der Waals surface area contributed by atoms with E-state index in [1.54, 1.807) is 0 Å². The van der Waals surface area contributed by atoms with Crippen molar-refractivity contribution in [2.75, 3.05) is 6.54 Å². The van der Waals surface area contributed by atoms with Gasteiger partial charge in [-0.2, -0.15) is 0 Å². The fraction of sp³-hybridized carbons (Fsp3) is 0.800. The third-order valence-electron chi connectivity index (χ3n) is 1.86. The topological polar surface area (TPSA) is 26.0 Å². The summed E-state index contributed by atoms with van der Waals surface area (Å²) in [6, 6.07) is 0. The zero-order valence-corrected chi connectivity index (χ0v) is 7.84. The summed E-state index contributed by atoms with van der Waals surface area (Å²) in [5.41, 5.74) is 5.38. The molecule has 0 aromatic carbocycles. The highest BCUT2D eigenvalue weighted by atomic mass is 14.5. The van der Waals surface area contributed by atoms with Gasteiger partial charge < -0.3 is 5.73 Å². The molecule has 0 fully saturated rings. The summed E-state index contributed by atoms with van der Waals surface area (Å²) in [6.07, 6.45) is 9.52. The van der Waals surface area contributed by atoms with E-state index >= 15 is 0 Å². The highest BCUT2D eigenvalue weighted by Crippen LogP contribution is 2.14. The predicted molar refractivity (Wildman–Crippen MR) is 51.5 cm³/mol. The average molecular weight is 155 g/mol. The van der Waals surface area contributed by atoms with Crippen LogP contribution < -0.4 is 5.73 Å². The van der Waals surface area contributed by atoms with E-state index in [2.05, 4.69) is 26.0 Å². The van der Waals surface area contributed by atoms with Crippen LogP contribution in [0.25, 0.3) is 0 Å². The molecule has 0 bridgehead atoms. The number of hydrogen-bond acceptors (Lipinski definition) is 1. The highest BCUT2D eigenvalue weighted by molar-refractivity contribution is 4.88. The van der Waals surface area contributed by atoms with Crippen molar-refractivity contribution in [2.45, 2.75) is 39.5 Å². The van der Waals surface area contributed by atoms with Gasteiger partial charge in [-0.1, -0.05) is 38.8 Å². The Kier molecular flexibility index (Phi) is 7.59. The SMILES string of the molecule is CCCC(C=CCN)CCC. The quantitative estimate of drug-likeness (QED) is 0.586. The highest BCUT2D eigenvalue weighted by Gasteiger charge is 2.00. The maximum Gasteiger partial charge on any atom is 0.0106 e. The van der Waals surface area contributed by atoms with Gasteiger partial charge >= 0.3 is 0 Å². The van der Waals surface area contributed by atoms with E-state index in [1.807, 2.05) is 0 Å². The second kappa shape index (κ2) is 7.80. The lowest BCUT2D eigenvalue weighted by Gasteiger charge is -2.08. The molecule has 0 aliphatic carbocycles. The Morgan fingerprint density at radius 1 is 1.18 bits per heavy atom. The number of rotatable bonds is 6. The largest absolute Gasteiger partial charge is 0.327 e. The van der Waals surface area contributed by atoms with Gasteiger partial charge in [-0.3, -0.25) is 0 Å². The lowest BCUT2D eigenvalue weighted by atomic mass is 9.98. The summed E-state index contributed by atoms with van der Waals surface area (Å²) in [5, 5.41) is 0. The van der Waals surface area contributed by atoms with Crippen molar-refractivity contribution in [1.82, 2.24) is 0 Å². The molecule has 0 radical (unpaired) electrons. The van der Waals surface area contributed by atoms with Gasteiger partial charge in [0, 0.05) is 6.54 Å². The van der Waals surface area contributed by atoms with Crippen LogP contribution in [0.2, 0.25) is 0 Å². The molecule has 0 heterocycles. The van der Waals surface area contributed by atoms with E-state index in [0.29, 0.717) is 6.54 Å². The summed E-state index contributed by atoms with van der Waals surface area (Å²) < 4.78 is 0. The van der Waals surface area contributed by atoms with Gasteiger partial charge in [-0.25, -0.2) is 0 Å². The molecule has 0 atom stereocenters. The molecule has 0 aromatic heterocycles. The molecule has 0 rings (SSSR count). The Hall–Kier alpha value is -0.300. The Balaban J connectivity index is 3.58. The summed E-state index contributed by atoms with van der Waals surface area (Å²) >= 11 is 0. The van der Waals surface area contributed by atoms with Crippen molar-refractivity contribution in [3.05, 3.63) is 12.2 Å². The zero-order valence-electron chi connectivity index (χ0n) is 7.84. The van der Waals surface area contributed by atoms with Gasteiger partial charge in [-0.15, -0.1) is 0 Å². The van der Waals surface area contributed by atoms with E-state index in [1.165, 1.54) is 25.7 Å². The first-order chi connectivity index (χ1) is 5.35. The molecule has 2 N–H and O–H groups in total. The van der Waals surface area contributed by atoms with Crippen LogP contribution in [0.15, 0.2) is 12.2 Å². The van der Waals surface area contributed by atoms with Gasteiger partial charge in [0.1, 0.15) is 0 Å². The van der Waals surface area contributed by atoms with E-state index in [4.69, 9.17) is 5.73 Å². The zero-order chi connectivity index (χ0) is 8.53. The predicted octanol–water partition coefficient (Wildman–Crippen LogP) is 2.72. The van der Waals surface area contributed by atoms with E-state index in [0.717, 1.165) is 5.92 Å². The summed E-state index contributed by atoms with van der Waals surface area (Å²) in [7, 11) is 0. The van der Waals surface area contributed by atoms with Crippen molar-refractivity contribution in [1.29, 1.82) is 0 Å². The molecule has 0 saturated heterocycles. The Morgan fingerprint density at radius 2 is 1.73 bits per heavy atom. The van der Waals surface area contributed by atoms with Crippen LogP contribution in [-0.4, -0.2) is 6.54 Å². The van der Waals surface area contributed by atoms with Gasteiger partial charge in [0.25, 0.3) is 0 Å². The fourth-order valence-electron chi connectivity index (χ4n) is 1.35. The van der Waals surface area contributed by atoms with Gasteiger partial charge in [-0.05, 0) is 18.8 Å². The van der Waals surface area contributed by atoms with Crippen LogP contribution in [0.5, 0.6) is 0 Å². The van der Waals surface area contributed by atoms with Gasteiger partial charge in [0.2, 0.25) is 0 Å². The monoisotopic (exact) mass is 155 g/mol. The minimum absolute atomic E-state index is 0.684. The summed E-state index contributed by atoms with van der Waals surface area (Å²) in [4.78, 5) is 0. The van der Waals surface area contributed by atoms with Crippen LogP contribution in [0.3, 0.4) is 0 Å². The standard InChI is InChI=1S/C10H21N/c1-3-6-10(7-4-2)8-5-9-11/h5,8,10H,3-4,6-7,9,11H2,1-2H3. The molecule has 1 nitrogen and oxygen atoms in total. The lowest BCUT2D eigenvalue weighted by Crippen LogP contribution is -1.98. The van der Waals surface area contributed by atoms with Crippen LogP contribution >= 0.6 is 0 Å². The molecule has 0 amide bonds. The number of nitrogens with two attached hydrogens (primary N) is 1. The van der Waals surface area contributed by atoms with Gasteiger partial charge in [0.15, 0.2) is 0 Å². The van der Waals surface area contributed by atoms with Crippen molar-refractivity contribution < 1.29 is 0 Å². The summed E-state index contributed by atoms with van der Waals surface area (Å²) in [6.45, 7) is 5.15. The molecule has 0 aliphatic rings. The molecule has 66 valence electrons. The van der Waals surface area contributed by atoms with Crippen LogP contribution in [0.4, 0.5) is 0 Å². The molecule has 0 unspecified atom stereocenters. The average Bonchev–Trinajstić information content (AvgIpc) is 2.01. The van der Waals surface area contributed by atoms with E-state index in [9.17, 15) is 0 Å². The Bertz CT molecular complexity index is 91.0. The number of hydrogen-bond donors (Lipinski definition) is 1. The van der Waals surface area contributed by atoms with Crippen LogP contribution in [0, 0.1) is 5.92 Å². The fourth-order valence-corrected chi connectivity index (χ4v) is 1.35. The minimum Gasteiger partial charge on any atom is -0.327 e. The molecule has 1 heteroatoms. The van der Waals surface area contributed by atoms with E-state index in [-0.39, 0.29) is 0 Å². The molecule has 0 spiro atoms. The molecular formula is C10H21N. The Labute approximate surface area is 70.7 Å². The third-order valence-corrected chi connectivity index (χ3v) is 1.86.